The Hall–Kier alpha value is -0.900. The predicted octanol–water partition coefficient (Wildman–Crippen LogP) is 4.12. The molecule has 1 unspecified atom stereocenters. The van der Waals surface area contributed by atoms with Crippen molar-refractivity contribution in [2.24, 2.45) is 5.92 Å². The topological polar surface area (TPSA) is 24.9 Å². The third-order valence-electron chi connectivity index (χ3n) is 3.55. The summed E-state index contributed by atoms with van der Waals surface area (Å²) in [4.78, 5) is 5.74. The molecule has 2 aromatic rings. The second-order valence-corrected chi connectivity index (χ2v) is 6.53. The lowest BCUT2D eigenvalue weighted by Crippen LogP contribution is -2.21. The maximum atomic E-state index is 5.94. The number of aromatic nitrogens is 1. The van der Waals surface area contributed by atoms with Gasteiger partial charge in [-0.3, -0.25) is 0 Å². The molecule has 1 atom stereocenters. The van der Waals surface area contributed by atoms with E-state index in [4.69, 9.17) is 11.6 Å². The number of hydrogen-bond acceptors (Lipinski definition) is 3. The number of rotatable bonds is 7. The first-order chi connectivity index (χ1) is 9.69. The number of hydrogen-bond donors (Lipinski definition) is 1. The van der Waals surface area contributed by atoms with Crippen molar-refractivity contribution in [2.45, 2.75) is 26.2 Å². The lowest BCUT2D eigenvalue weighted by molar-refractivity contribution is 0.462. The van der Waals surface area contributed by atoms with E-state index in [9.17, 15) is 0 Å². The van der Waals surface area contributed by atoms with Gasteiger partial charge in [-0.1, -0.05) is 23.7 Å². The number of nitrogens with zero attached hydrogens (tertiary/aromatic N) is 1. The van der Waals surface area contributed by atoms with Gasteiger partial charge in [0.25, 0.3) is 0 Å². The van der Waals surface area contributed by atoms with Crippen molar-refractivity contribution in [1.82, 2.24) is 10.3 Å². The molecule has 0 saturated carbocycles. The predicted molar refractivity (Wildman–Crippen MR) is 87.7 cm³/mol. The van der Waals surface area contributed by atoms with Gasteiger partial charge in [-0.15, -0.1) is 11.3 Å². The molecular formula is C16H21ClN2S. The Morgan fingerprint density at radius 1 is 1.30 bits per heavy atom. The molecule has 1 N–H and O–H groups in total. The molecule has 1 aromatic heterocycles. The highest BCUT2D eigenvalue weighted by molar-refractivity contribution is 7.09. The van der Waals surface area contributed by atoms with Gasteiger partial charge in [0.1, 0.15) is 0 Å². The van der Waals surface area contributed by atoms with Crippen molar-refractivity contribution in [1.29, 1.82) is 0 Å². The van der Waals surface area contributed by atoms with Crippen LogP contribution in [0.2, 0.25) is 5.02 Å². The average molecular weight is 309 g/mol. The smallest absolute Gasteiger partial charge is 0.0797 e. The Balaban J connectivity index is 1.93. The van der Waals surface area contributed by atoms with E-state index in [0.717, 1.165) is 24.4 Å². The van der Waals surface area contributed by atoms with Gasteiger partial charge < -0.3 is 5.32 Å². The van der Waals surface area contributed by atoms with Gasteiger partial charge in [-0.25, -0.2) is 4.98 Å². The highest BCUT2D eigenvalue weighted by Crippen LogP contribution is 2.20. The molecule has 0 bridgehead atoms. The zero-order valence-electron chi connectivity index (χ0n) is 12.0. The Labute approximate surface area is 130 Å². The van der Waals surface area contributed by atoms with Crippen LogP contribution in [0.25, 0.3) is 0 Å². The van der Waals surface area contributed by atoms with Crippen molar-refractivity contribution in [3.05, 3.63) is 50.9 Å². The average Bonchev–Trinajstić information content (AvgIpc) is 2.84. The molecule has 1 aromatic carbocycles. The standard InChI is InChI=1S/C16H21ClN2S/c1-12-16(20-11-19-12)8-5-14(10-18-2)9-13-3-6-15(17)7-4-13/h3-4,6-7,11,14,18H,5,8-10H2,1-2H3. The Morgan fingerprint density at radius 2 is 2.05 bits per heavy atom. The number of halogens is 1. The molecule has 0 spiro atoms. The molecule has 0 aliphatic rings. The summed E-state index contributed by atoms with van der Waals surface area (Å²) in [6, 6.07) is 8.20. The Bertz CT molecular complexity index is 522. The molecule has 20 heavy (non-hydrogen) atoms. The minimum Gasteiger partial charge on any atom is -0.319 e. The van der Waals surface area contributed by atoms with E-state index in [1.165, 1.54) is 22.6 Å². The summed E-state index contributed by atoms with van der Waals surface area (Å²) in [5, 5.41) is 4.11. The number of nitrogens with one attached hydrogen (secondary N) is 1. The first-order valence-electron chi connectivity index (χ1n) is 6.97. The highest BCUT2D eigenvalue weighted by atomic mass is 35.5. The van der Waals surface area contributed by atoms with E-state index in [2.05, 4.69) is 29.4 Å². The highest BCUT2D eigenvalue weighted by Gasteiger charge is 2.11. The van der Waals surface area contributed by atoms with Crippen molar-refractivity contribution < 1.29 is 0 Å². The summed E-state index contributed by atoms with van der Waals surface area (Å²) in [5.74, 6) is 0.641. The SMILES string of the molecule is CNCC(CCc1scnc1C)Cc1ccc(Cl)cc1. The number of thiazole rings is 1. The van der Waals surface area contributed by atoms with Crippen LogP contribution in [0.1, 0.15) is 22.6 Å². The fraction of sp³-hybridized carbons (Fsp3) is 0.438. The molecule has 4 heteroatoms. The van der Waals surface area contributed by atoms with Gasteiger partial charge >= 0.3 is 0 Å². The van der Waals surface area contributed by atoms with Crippen LogP contribution in [0.3, 0.4) is 0 Å². The van der Waals surface area contributed by atoms with Gasteiger partial charge in [0.05, 0.1) is 11.2 Å². The third kappa shape index (κ3) is 4.58. The minimum absolute atomic E-state index is 0.641. The number of aryl methyl sites for hydroxylation is 2. The monoisotopic (exact) mass is 308 g/mol. The molecule has 108 valence electrons. The summed E-state index contributed by atoms with van der Waals surface area (Å²) in [7, 11) is 2.02. The van der Waals surface area contributed by atoms with Crippen LogP contribution in [0.4, 0.5) is 0 Å². The Morgan fingerprint density at radius 3 is 2.65 bits per heavy atom. The first-order valence-corrected chi connectivity index (χ1v) is 8.23. The normalized spacial score (nSPS) is 12.6. The zero-order valence-corrected chi connectivity index (χ0v) is 13.6. The maximum absolute atomic E-state index is 5.94. The molecule has 0 saturated heterocycles. The molecule has 0 amide bonds. The molecule has 2 nitrogen and oxygen atoms in total. The van der Waals surface area contributed by atoms with E-state index >= 15 is 0 Å². The molecule has 0 radical (unpaired) electrons. The minimum atomic E-state index is 0.641. The van der Waals surface area contributed by atoms with E-state index in [1.54, 1.807) is 11.3 Å². The third-order valence-corrected chi connectivity index (χ3v) is 4.80. The summed E-state index contributed by atoms with van der Waals surface area (Å²) in [5.41, 5.74) is 4.48. The van der Waals surface area contributed by atoms with Crippen LogP contribution >= 0.6 is 22.9 Å². The van der Waals surface area contributed by atoms with Crippen LogP contribution in [0, 0.1) is 12.8 Å². The van der Waals surface area contributed by atoms with Crippen LogP contribution in [-0.4, -0.2) is 18.6 Å². The lowest BCUT2D eigenvalue weighted by Gasteiger charge is -2.16. The Kier molecular flexibility index (Phi) is 6.02. The van der Waals surface area contributed by atoms with Crippen LogP contribution in [0.15, 0.2) is 29.8 Å². The summed E-state index contributed by atoms with van der Waals surface area (Å²) in [6.45, 7) is 3.14. The van der Waals surface area contributed by atoms with Crippen molar-refractivity contribution in [3.8, 4) is 0 Å². The quantitative estimate of drug-likeness (QED) is 0.832. The van der Waals surface area contributed by atoms with Gasteiger partial charge in [0.2, 0.25) is 0 Å². The lowest BCUT2D eigenvalue weighted by atomic mass is 9.94. The van der Waals surface area contributed by atoms with Crippen molar-refractivity contribution in [3.63, 3.8) is 0 Å². The second-order valence-electron chi connectivity index (χ2n) is 5.15. The van der Waals surface area contributed by atoms with Gasteiger partial charge in [0.15, 0.2) is 0 Å². The van der Waals surface area contributed by atoms with Crippen molar-refractivity contribution in [2.75, 3.05) is 13.6 Å². The molecular weight excluding hydrogens is 288 g/mol. The summed E-state index contributed by atoms with van der Waals surface area (Å²) in [6.07, 6.45) is 3.40. The molecule has 2 rings (SSSR count). The zero-order chi connectivity index (χ0) is 14.4. The van der Waals surface area contributed by atoms with E-state index in [0.29, 0.717) is 5.92 Å². The second kappa shape index (κ2) is 7.77. The first kappa shape index (κ1) is 15.5. The van der Waals surface area contributed by atoms with Gasteiger partial charge in [0, 0.05) is 9.90 Å². The molecule has 0 fully saturated rings. The van der Waals surface area contributed by atoms with Crippen LogP contribution in [0.5, 0.6) is 0 Å². The summed E-state index contributed by atoms with van der Waals surface area (Å²) < 4.78 is 0. The largest absolute Gasteiger partial charge is 0.319 e. The molecule has 1 heterocycles. The van der Waals surface area contributed by atoms with E-state index < -0.39 is 0 Å². The van der Waals surface area contributed by atoms with E-state index in [1.807, 2.05) is 24.7 Å². The van der Waals surface area contributed by atoms with Crippen LogP contribution < -0.4 is 5.32 Å². The number of benzene rings is 1. The fourth-order valence-corrected chi connectivity index (χ4v) is 3.34. The summed E-state index contributed by atoms with van der Waals surface area (Å²) >= 11 is 7.71. The van der Waals surface area contributed by atoms with E-state index in [-0.39, 0.29) is 0 Å². The maximum Gasteiger partial charge on any atom is 0.0797 e. The van der Waals surface area contributed by atoms with Gasteiger partial charge in [-0.2, -0.15) is 0 Å². The van der Waals surface area contributed by atoms with Crippen molar-refractivity contribution >= 4 is 22.9 Å². The molecule has 0 aliphatic carbocycles. The molecule has 0 aliphatic heterocycles. The fourth-order valence-electron chi connectivity index (χ4n) is 2.42. The van der Waals surface area contributed by atoms with Crippen LogP contribution in [-0.2, 0) is 12.8 Å². The van der Waals surface area contributed by atoms with Gasteiger partial charge in [-0.05, 0) is 63.4 Å².